The van der Waals surface area contributed by atoms with Crippen LogP contribution in [0.4, 0.5) is 0 Å². The molecule has 0 saturated heterocycles. The van der Waals surface area contributed by atoms with Crippen molar-refractivity contribution in [3.63, 3.8) is 0 Å². The van der Waals surface area contributed by atoms with Gasteiger partial charge in [-0.2, -0.15) is 0 Å². The molecule has 0 aliphatic heterocycles. The van der Waals surface area contributed by atoms with Gasteiger partial charge in [0.15, 0.2) is 0 Å². The van der Waals surface area contributed by atoms with Crippen molar-refractivity contribution in [3.05, 3.63) is 12.7 Å². The molecule has 0 spiro atoms. The lowest BCUT2D eigenvalue weighted by Crippen LogP contribution is -2.33. The van der Waals surface area contributed by atoms with Crippen LogP contribution in [-0.2, 0) is 4.79 Å². The number of rotatable bonds is 5. The summed E-state index contributed by atoms with van der Waals surface area (Å²) in [7, 11) is 0. The molecule has 0 aliphatic rings. The van der Waals surface area contributed by atoms with Crippen LogP contribution in [0.25, 0.3) is 0 Å². The number of hydrogen-bond donors (Lipinski definition) is 0. The summed E-state index contributed by atoms with van der Waals surface area (Å²) in [4.78, 5) is 12.3. The number of nitrogens with zero attached hydrogens (tertiary/aromatic N) is 1. The lowest BCUT2D eigenvalue weighted by Gasteiger charge is -2.23. The normalized spacial score (nSPS) is 12.7. The Labute approximate surface area is 68.9 Å². The van der Waals surface area contributed by atoms with Crippen LogP contribution in [0.3, 0.4) is 0 Å². The SMILES string of the molecule is C=C[C@@H](C)N(C=O)CC(C)C. The van der Waals surface area contributed by atoms with Crippen LogP contribution in [0.15, 0.2) is 12.7 Å². The fraction of sp³-hybridized carbons (Fsp3) is 0.667. The van der Waals surface area contributed by atoms with E-state index in [0.717, 1.165) is 13.0 Å². The van der Waals surface area contributed by atoms with Crippen LogP contribution in [0.2, 0.25) is 0 Å². The Bertz CT molecular complexity index is 132. The van der Waals surface area contributed by atoms with Crippen LogP contribution < -0.4 is 0 Å². The molecule has 0 aromatic rings. The summed E-state index contributed by atoms with van der Waals surface area (Å²) in [5, 5.41) is 0. The molecule has 0 bridgehead atoms. The second-order valence-electron chi connectivity index (χ2n) is 3.17. The van der Waals surface area contributed by atoms with Gasteiger partial charge < -0.3 is 4.90 Å². The monoisotopic (exact) mass is 155 g/mol. The highest BCUT2D eigenvalue weighted by molar-refractivity contribution is 5.48. The van der Waals surface area contributed by atoms with Crippen LogP contribution >= 0.6 is 0 Å². The van der Waals surface area contributed by atoms with E-state index in [1.54, 1.807) is 11.0 Å². The van der Waals surface area contributed by atoms with E-state index in [-0.39, 0.29) is 6.04 Å². The fourth-order valence-corrected chi connectivity index (χ4v) is 0.862. The minimum absolute atomic E-state index is 0.148. The first-order chi connectivity index (χ1) is 5.11. The molecule has 0 aliphatic carbocycles. The van der Waals surface area contributed by atoms with Crippen LogP contribution in [0.5, 0.6) is 0 Å². The van der Waals surface area contributed by atoms with Crippen molar-refractivity contribution >= 4 is 6.41 Å². The highest BCUT2D eigenvalue weighted by Crippen LogP contribution is 2.01. The standard InChI is InChI=1S/C9H17NO/c1-5-9(4)10(7-11)6-8(2)3/h5,7-9H,1,6H2,2-4H3/t9-/m1/s1. The molecule has 0 saturated carbocycles. The van der Waals surface area contributed by atoms with Gasteiger partial charge in [-0.15, -0.1) is 6.58 Å². The van der Waals surface area contributed by atoms with Gasteiger partial charge in [-0.25, -0.2) is 0 Å². The minimum atomic E-state index is 0.148. The van der Waals surface area contributed by atoms with Crippen molar-refractivity contribution < 1.29 is 4.79 Å². The number of carbonyl (C=O) groups excluding carboxylic acids is 1. The largest absolute Gasteiger partial charge is 0.339 e. The summed E-state index contributed by atoms with van der Waals surface area (Å²) in [6.45, 7) is 10.6. The van der Waals surface area contributed by atoms with Gasteiger partial charge in [0, 0.05) is 12.6 Å². The molecular weight excluding hydrogens is 138 g/mol. The molecule has 2 nitrogen and oxygen atoms in total. The molecule has 0 aromatic carbocycles. The average molecular weight is 155 g/mol. The molecule has 0 heterocycles. The first-order valence-corrected chi connectivity index (χ1v) is 3.95. The lowest BCUT2D eigenvalue weighted by atomic mass is 10.2. The molecule has 0 aromatic heterocycles. The zero-order valence-corrected chi connectivity index (χ0v) is 7.58. The molecule has 1 amide bonds. The zero-order valence-electron chi connectivity index (χ0n) is 7.58. The van der Waals surface area contributed by atoms with Gasteiger partial charge in [0.1, 0.15) is 0 Å². The van der Waals surface area contributed by atoms with Crippen molar-refractivity contribution in [3.8, 4) is 0 Å². The van der Waals surface area contributed by atoms with Gasteiger partial charge >= 0.3 is 0 Å². The van der Waals surface area contributed by atoms with E-state index < -0.39 is 0 Å². The Balaban J connectivity index is 3.93. The van der Waals surface area contributed by atoms with Gasteiger partial charge in [0.05, 0.1) is 0 Å². The van der Waals surface area contributed by atoms with Gasteiger partial charge in [0.2, 0.25) is 6.41 Å². The quantitative estimate of drug-likeness (QED) is 0.437. The molecule has 2 heteroatoms. The maximum Gasteiger partial charge on any atom is 0.210 e. The van der Waals surface area contributed by atoms with E-state index >= 15 is 0 Å². The molecule has 0 N–H and O–H groups in total. The Hall–Kier alpha value is -0.790. The van der Waals surface area contributed by atoms with Gasteiger partial charge in [-0.1, -0.05) is 19.9 Å². The Morgan fingerprint density at radius 1 is 1.45 bits per heavy atom. The molecule has 64 valence electrons. The van der Waals surface area contributed by atoms with Crippen molar-refractivity contribution in [2.24, 2.45) is 5.92 Å². The smallest absolute Gasteiger partial charge is 0.210 e. The molecule has 0 unspecified atom stereocenters. The van der Waals surface area contributed by atoms with Crippen LogP contribution in [-0.4, -0.2) is 23.9 Å². The Kier molecular flexibility index (Phi) is 4.59. The number of hydrogen-bond acceptors (Lipinski definition) is 1. The highest BCUT2D eigenvalue weighted by atomic mass is 16.1. The molecule has 0 rings (SSSR count). The third-order valence-electron chi connectivity index (χ3n) is 1.58. The molecule has 11 heavy (non-hydrogen) atoms. The first-order valence-electron chi connectivity index (χ1n) is 3.95. The second kappa shape index (κ2) is 4.94. The highest BCUT2D eigenvalue weighted by Gasteiger charge is 2.08. The maximum absolute atomic E-state index is 10.5. The summed E-state index contributed by atoms with van der Waals surface area (Å²) in [5.74, 6) is 0.516. The fourth-order valence-electron chi connectivity index (χ4n) is 0.862. The molecule has 1 atom stereocenters. The topological polar surface area (TPSA) is 20.3 Å². The summed E-state index contributed by atoms with van der Waals surface area (Å²) in [5.41, 5.74) is 0. The van der Waals surface area contributed by atoms with Gasteiger partial charge in [0.25, 0.3) is 0 Å². The van der Waals surface area contributed by atoms with E-state index in [2.05, 4.69) is 20.4 Å². The van der Waals surface area contributed by atoms with Crippen LogP contribution in [0, 0.1) is 5.92 Å². The summed E-state index contributed by atoms with van der Waals surface area (Å²) < 4.78 is 0. The average Bonchev–Trinajstić information content (AvgIpc) is 1.98. The van der Waals surface area contributed by atoms with Crippen LogP contribution in [0.1, 0.15) is 20.8 Å². The van der Waals surface area contributed by atoms with Crippen molar-refractivity contribution in [2.75, 3.05) is 6.54 Å². The van der Waals surface area contributed by atoms with E-state index in [4.69, 9.17) is 0 Å². The summed E-state index contributed by atoms with van der Waals surface area (Å²) in [6, 6.07) is 0.148. The van der Waals surface area contributed by atoms with Crippen molar-refractivity contribution in [1.29, 1.82) is 0 Å². The number of amides is 1. The molecule has 0 fully saturated rings. The molecular formula is C9H17NO. The van der Waals surface area contributed by atoms with Crippen molar-refractivity contribution in [1.82, 2.24) is 4.90 Å². The molecule has 0 radical (unpaired) electrons. The Morgan fingerprint density at radius 3 is 2.27 bits per heavy atom. The van der Waals surface area contributed by atoms with E-state index in [1.165, 1.54) is 0 Å². The third-order valence-corrected chi connectivity index (χ3v) is 1.58. The first kappa shape index (κ1) is 10.2. The predicted octanol–water partition coefficient (Wildman–Crippen LogP) is 1.68. The Morgan fingerprint density at radius 2 is 2.00 bits per heavy atom. The number of carbonyl (C=O) groups is 1. The van der Waals surface area contributed by atoms with Gasteiger partial charge in [-0.3, -0.25) is 4.79 Å². The maximum atomic E-state index is 10.5. The lowest BCUT2D eigenvalue weighted by molar-refractivity contribution is -0.119. The predicted molar refractivity (Wildman–Crippen MR) is 47.3 cm³/mol. The third kappa shape index (κ3) is 3.81. The van der Waals surface area contributed by atoms with E-state index in [0.29, 0.717) is 5.92 Å². The van der Waals surface area contributed by atoms with E-state index in [1.807, 2.05) is 6.92 Å². The summed E-state index contributed by atoms with van der Waals surface area (Å²) in [6.07, 6.45) is 2.66. The second-order valence-corrected chi connectivity index (χ2v) is 3.17. The van der Waals surface area contributed by atoms with Crippen molar-refractivity contribution in [2.45, 2.75) is 26.8 Å². The van der Waals surface area contributed by atoms with Gasteiger partial charge in [-0.05, 0) is 12.8 Å². The minimum Gasteiger partial charge on any atom is -0.339 e. The van der Waals surface area contributed by atoms with E-state index in [9.17, 15) is 4.79 Å². The zero-order chi connectivity index (χ0) is 8.85. The summed E-state index contributed by atoms with van der Waals surface area (Å²) >= 11 is 0.